The van der Waals surface area contributed by atoms with E-state index < -0.39 is 29.6 Å². The number of amides is 1. The minimum atomic E-state index is -1.12. The first-order valence-corrected chi connectivity index (χ1v) is 10.6. The molecule has 12 nitrogen and oxygen atoms in total. The van der Waals surface area contributed by atoms with Crippen molar-refractivity contribution in [2.24, 2.45) is 0 Å². The molecule has 1 amide bonds. The van der Waals surface area contributed by atoms with Crippen molar-refractivity contribution in [3.63, 3.8) is 0 Å². The fraction of sp³-hybridized carbons (Fsp3) is 0.182. The average Bonchev–Trinajstić information content (AvgIpc) is 3.36. The number of imidazole rings is 1. The van der Waals surface area contributed by atoms with Crippen LogP contribution >= 0.6 is 0 Å². The Labute approximate surface area is 196 Å². The zero-order valence-electron chi connectivity index (χ0n) is 18.3. The Morgan fingerprint density at radius 2 is 1.97 bits per heavy atom. The number of nitrogens with zero attached hydrogens (tertiary/aromatic N) is 5. The minimum Gasteiger partial charge on any atom is -0.478 e. The van der Waals surface area contributed by atoms with Crippen molar-refractivity contribution >= 4 is 34.7 Å². The first kappa shape index (κ1) is 22.0. The SMILES string of the molecule is CNc1cc(Nc2cccn(-c3ccc(C(=O)O)cn3)c2=O)nn2c(C(=O)NC3CC3F)cnc12. The van der Waals surface area contributed by atoms with Gasteiger partial charge in [0.25, 0.3) is 11.5 Å². The number of hydrogen-bond acceptors (Lipinski definition) is 8. The van der Waals surface area contributed by atoms with Crippen molar-refractivity contribution in [1.29, 1.82) is 0 Å². The normalized spacial score (nSPS) is 16.6. The van der Waals surface area contributed by atoms with Crippen LogP contribution in [0.1, 0.15) is 27.3 Å². The molecule has 1 saturated carbocycles. The summed E-state index contributed by atoms with van der Waals surface area (Å²) in [7, 11) is 1.67. The number of fused-ring (bicyclic) bond motifs is 1. The zero-order valence-corrected chi connectivity index (χ0v) is 18.3. The van der Waals surface area contributed by atoms with Gasteiger partial charge in [-0.1, -0.05) is 0 Å². The second-order valence-electron chi connectivity index (χ2n) is 7.84. The molecule has 0 saturated heterocycles. The third-order valence-electron chi connectivity index (χ3n) is 5.45. The quantitative estimate of drug-likeness (QED) is 0.310. The van der Waals surface area contributed by atoms with E-state index >= 15 is 0 Å². The van der Waals surface area contributed by atoms with Gasteiger partial charge >= 0.3 is 5.97 Å². The second-order valence-corrected chi connectivity index (χ2v) is 7.84. The van der Waals surface area contributed by atoms with Gasteiger partial charge < -0.3 is 21.1 Å². The molecule has 178 valence electrons. The molecule has 0 aromatic carbocycles. The van der Waals surface area contributed by atoms with Crippen molar-refractivity contribution in [3.05, 3.63) is 70.5 Å². The van der Waals surface area contributed by atoms with E-state index in [9.17, 15) is 18.8 Å². The lowest BCUT2D eigenvalue weighted by molar-refractivity contribution is 0.0696. The molecule has 13 heteroatoms. The molecule has 1 fully saturated rings. The standard InChI is InChI=1S/C22H19FN8O4/c1-24-15-8-17(29-31-16(10-26-19(15)31)20(32)28-14-7-12(14)23)27-13-3-2-6-30(21(13)33)18-5-4-11(9-25-18)22(34)35/h2-6,8-10,12,14,24H,7H2,1H3,(H,27,29)(H,28,32)(H,34,35). The maximum atomic E-state index is 13.2. The van der Waals surface area contributed by atoms with Crippen molar-refractivity contribution in [2.75, 3.05) is 17.7 Å². The van der Waals surface area contributed by atoms with Gasteiger partial charge in [-0.25, -0.2) is 23.7 Å². The number of halogens is 1. The first-order valence-electron chi connectivity index (χ1n) is 10.6. The molecule has 4 aromatic rings. The van der Waals surface area contributed by atoms with Gasteiger partial charge in [0, 0.05) is 31.9 Å². The molecule has 4 N–H and O–H groups in total. The van der Waals surface area contributed by atoms with Gasteiger partial charge in [0.1, 0.15) is 17.7 Å². The van der Waals surface area contributed by atoms with Crippen LogP contribution in [0.3, 0.4) is 0 Å². The average molecular weight is 478 g/mol. The number of aromatic nitrogens is 5. The fourth-order valence-electron chi connectivity index (χ4n) is 3.49. The second kappa shape index (κ2) is 8.52. The van der Waals surface area contributed by atoms with E-state index in [2.05, 4.69) is 31.0 Å². The number of carboxylic acids is 1. The van der Waals surface area contributed by atoms with Gasteiger partial charge in [-0.2, -0.15) is 0 Å². The van der Waals surface area contributed by atoms with E-state index in [0.717, 1.165) is 6.20 Å². The monoisotopic (exact) mass is 478 g/mol. The van der Waals surface area contributed by atoms with Crippen LogP contribution in [-0.4, -0.2) is 60.4 Å². The molecule has 0 aliphatic heterocycles. The van der Waals surface area contributed by atoms with Crippen molar-refractivity contribution in [3.8, 4) is 5.82 Å². The number of alkyl halides is 1. The van der Waals surface area contributed by atoms with Crippen LogP contribution in [0.15, 0.2) is 53.7 Å². The first-order chi connectivity index (χ1) is 16.9. The van der Waals surface area contributed by atoms with E-state index in [1.165, 1.54) is 33.6 Å². The highest BCUT2D eigenvalue weighted by Crippen LogP contribution is 2.26. The lowest BCUT2D eigenvalue weighted by Gasteiger charge is -2.11. The number of aromatic carboxylic acids is 1. The third-order valence-corrected chi connectivity index (χ3v) is 5.45. The van der Waals surface area contributed by atoms with Crippen LogP contribution < -0.4 is 21.5 Å². The van der Waals surface area contributed by atoms with Crippen LogP contribution in [0.2, 0.25) is 0 Å². The number of anilines is 3. The molecule has 35 heavy (non-hydrogen) atoms. The van der Waals surface area contributed by atoms with Crippen LogP contribution in [-0.2, 0) is 0 Å². The Balaban J connectivity index is 1.49. The summed E-state index contributed by atoms with van der Waals surface area (Å²) in [6, 6.07) is 7.05. The van der Waals surface area contributed by atoms with E-state index in [0.29, 0.717) is 11.3 Å². The summed E-state index contributed by atoms with van der Waals surface area (Å²) in [6.07, 6.45) is 3.24. The zero-order chi connectivity index (χ0) is 24.7. The highest BCUT2D eigenvalue weighted by atomic mass is 19.1. The molecule has 1 aliphatic carbocycles. The number of carboxylic acid groups (broad SMARTS) is 1. The molecule has 0 bridgehead atoms. The smallest absolute Gasteiger partial charge is 0.337 e. The van der Waals surface area contributed by atoms with Gasteiger partial charge in [0.15, 0.2) is 17.2 Å². The number of rotatable bonds is 7. The topological polar surface area (TPSA) is 156 Å². The molecular formula is C22H19FN8O4. The maximum Gasteiger partial charge on any atom is 0.337 e. The molecule has 4 heterocycles. The van der Waals surface area contributed by atoms with E-state index in [4.69, 9.17) is 5.11 Å². The highest BCUT2D eigenvalue weighted by Gasteiger charge is 2.39. The minimum absolute atomic E-state index is 0.00271. The molecule has 5 rings (SSSR count). The summed E-state index contributed by atoms with van der Waals surface area (Å²) < 4.78 is 15.8. The Hall–Kier alpha value is -4.81. The summed E-state index contributed by atoms with van der Waals surface area (Å²) in [5.74, 6) is -1.15. The largest absolute Gasteiger partial charge is 0.478 e. The predicted molar refractivity (Wildman–Crippen MR) is 123 cm³/mol. The van der Waals surface area contributed by atoms with Crippen LogP contribution in [0, 0.1) is 0 Å². The molecule has 2 unspecified atom stereocenters. The van der Waals surface area contributed by atoms with Crippen LogP contribution in [0.4, 0.5) is 21.6 Å². The lowest BCUT2D eigenvalue weighted by Crippen LogP contribution is -2.28. The van der Waals surface area contributed by atoms with Crippen molar-refractivity contribution < 1.29 is 19.1 Å². The summed E-state index contributed by atoms with van der Waals surface area (Å²) in [5, 5.41) is 22.0. The summed E-state index contributed by atoms with van der Waals surface area (Å²) in [6.45, 7) is 0. The fourth-order valence-corrected chi connectivity index (χ4v) is 3.49. The molecular weight excluding hydrogens is 459 g/mol. The number of pyridine rings is 2. The molecule has 2 atom stereocenters. The highest BCUT2D eigenvalue weighted by molar-refractivity contribution is 5.94. The third kappa shape index (κ3) is 4.14. The number of hydrogen-bond donors (Lipinski definition) is 4. The van der Waals surface area contributed by atoms with Gasteiger partial charge in [-0.05, 0) is 24.3 Å². The van der Waals surface area contributed by atoms with Crippen molar-refractivity contribution in [1.82, 2.24) is 29.5 Å². The van der Waals surface area contributed by atoms with Crippen molar-refractivity contribution in [2.45, 2.75) is 18.6 Å². The molecule has 4 aromatic heterocycles. The Morgan fingerprint density at radius 1 is 1.17 bits per heavy atom. The Bertz CT molecular complexity index is 1510. The maximum absolute atomic E-state index is 13.2. The number of carbonyl (C=O) groups is 2. The van der Waals surface area contributed by atoms with E-state index in [-0.39, 0.29) is 35.0 Å². The lowest BCUT2D eigenvalue weighted by atomic mass is 10.3. The molecule has 0 radical (unpaired) electrons. The Morgan fingerprint density at radius 3 is 2.63 bits per heavy atom. The van der Waals surface area contributed by atoms with Gasteiger partial charge in [0.2, 0.25) is 0 Å². The predicted octanol–water partition coefficient (Wildman–Crippen LogP) is 1.60. The summed E-state index contributed by atoms with van der Waals surface area (Å²) >= 11 is 0. The van der Waals surface area contributed by atoms with Crippen LogP contribution in [0.5, 0.6) is 0 Å². The van der Waals surface area contributed by atoms with Gasteiger partial charge in [-0.15, -0.1) is 5.10 Å². The van der Waals surface area contributed by atoms with E-state index in [1.54, 1.807) is 25.2 Å². The van der Waals surface area contributed by atoms with Crippen LogP contribution in [0.25, 0.3) is 11.5 Å². The van der Waals surface area contributed by atoms with E-state index in [1.807, 2.05) is 0 Å². The molecule has 1 aliphatic rings. The van der Waals surface area contributed by atoms with Gasteiger partial charge in [0.05, 0.1) is 23.5 Å². The molecule has 0 spiro atoms. The summed E-state index contributed by atoms with van der Waals surface area (Å²) in [5.41, 5.74) is 0.740. The number of carbonyl (C=O) groups excluding carboxylic acids is 1. The summed E-state index contributed by atoms with van der Waals surface area (Å²) in [4.78, 5) is 45.0. The number of nitrogens with one attached hydrogen (secondary N) is 3. The Kier molecular flexibility index (Phi) is 5.35. The van der Waals surface area contributed by atoms with Gasteiger partial charge in [-0.3, -0.25) is 14.2 Å².